The summed E-state index contributed by atoms with van der Waals surface area (Å²) in [5, 5.41) is 19.1. The van der Waals surface area contributed by atoms with Crippen molar-refractivity contribution < 1.29 is 15.0 Å². The van der Waals surface area contributed by atoms with E-state index in [-0.39, 0.29) is 24.5 Å². The number of allylic oxidation sites excluding steroid dienone is 2. The van der Waals surface area contributed by atoms with Gasteiger partial charge in [-0.3, -0.25) is 4.79 Å². The Kier molecular flexibility index (Phi) is 7.74. The zero-order valence-electron chi connectivity index (χ0n) is 15.2. The second-order valence-electron chi connectivity index (χ2n) is 7.42. The van der Waals surface area contributed by atoms with Gasteiger partial charge in [-0.15, -0.1) is 11.8 Å². The lowest BCUT2D eigenvalue weighted by molar-refractivity contribution is -0.137. The van der Waals surface area contributed by atoms with E-state index in [4.69, 9.17) is 10.8 Å². The molecule has 138 valence electrons. The highest BCUT2D eigenvalue weighted by molar-refractivity contribution is 5.66. The van der Waals surface area contributed by atoms with Gasteiger partial charge in [0.15, 0.2) is 0 Å². The molecule has 2 aliphatic carbocycles. The van der Waals surface area contributed by atoms with Crippen molar-refractivity contribution in [1.29, 1.82) is 0 Å². The Bertz CT molecular complexity index is 569. The third kappa shape index (κ3) is 6.02. The van der Waals surface area contributed by atoms with Crippen molar-refractivity contribution in [1.82, 2.24) is 0 Å². The van der Waals surface area contributed by atoms with Crippen LogP contribution in [0, 0.1) is 29.6 Å². The van der Waals surface area contributed by atoms with E-state index in [1.54, 1.807) is 0 Å². The normalized spacial score (nSPS) is 31.1. The van der Waals surface area contributed by atoms with E-state index < -0.39 is 5.97 Å². The van der Waals surface area contributed by atoms with Crippen LogP contribution >= 0.6 is 0 Å². The summed E-state index contributed by atoms with van der Waals surface area (Å²) in [6, 6.07) is 0.0614. The quantitative estimate of drug-likeness (QED) is 0.358. The van der Waals surface area contributed by atoms with Gasteiger partial charge in [0.05, 0.1) is 6.10 Å². The molecule has 0 heterocycles. The summed E-state index contributed by atoms with van der Waals surface area (Å²) < 4.78 is 0. The van der Waals surface area contributed by atoms with Crippen molar-refractivity contribution in [2.24, 2.45) is 23.5 Å². The van der Waals surface area contributed by atoms with E-state index in [2.05, 4.69) is 30.1 Å². The fourth-order valence-corrected chi connectivity index (χ4v) is 4.23. The average Bonchev–Trinajstić information content (AvgIpc) is 3.07. The summed E-state index contributed by atoms with van der Waals surface area (Å²) in [6.45, 7) is 1.82. The summed E-state index contributed by atoms with van der Waals surface area (Å²) in [7, 11) is 0. The number of carboxylic acid groups (broad SMARTS) is 1. The number of hydrogen-bond donors (Lipinski definition) is 3. The number of carbonyl (C=O) groups is 1. The van der Waals surface area contributed by atoms with E-state index in [9.17, 15) is 9.90 Å². The van der Waals surface area contributed by atoms with Crippen LogP contribution < -0.4 is 5.73 Å². The molecule has 5 atom stereocenters. The second-order valence-corrected chi connectivity index (χ2v) is 7.42. The van der Waals surface area contributed by atoms with Gasteiger partial charge in [-0.05, 0) is 57.3 Å². The molecule has 4 nitrogen and oxygen atoms in total. The van der Waals surface area contributed by atoms with E-state index in [1.807, 2.05) is 6.92 Å². The monoisotopic (exact) mass is 345 g/mol. The van der Waals surface area contributed by atoms with E-state index in [0.29, 0.717) is 24.7 Å². The first-order valence-corrected chi connectivity index (χ1v) is 9.40. The maximum Gasteiger partial charge on any atom is 0.303 e. The first-order valence-electron chi connectivity index (χ1n) is 9.40. The van der Waals surface area contributed by atoms with Crippen LogP contribution in [0.15, 0.2) is 23.8 Å². The molecule has 0 aliphatic heterocycles. The lowest BCUT2D eigenvalue weighted by atomic mass is 9.90. The van der Waals surface area contributed by atoms with Crippen LogP contribution in [-0.4, -0.2) is 28.3 Å². The van der Waals surface area contributed by atoms with Crippen molar-refractivity contribution in [3.8, 4) is 11.8 Å². The Hall–Kier alpha value is -1.57. The summed E-state index contributed by atoms with van der Waals surface area (Å²) in [5.41, 5.74) is 7.48. The molecule has 4 N–H and O–H groups in total. The SMILES string of the molecule is CC#CCC(N)C/C=C/C1[C@H](O)C[C@@H]2C/C(=C\CCCC(=O)O)C[C@H]12. The highest BCUT2D eigenvalue weighted by Crippen LogP contribution is 2.50. The molecule has 2 saturated carbocycles. The predicted octanol–water partition coefficient (Wildman–Crippen LogP) is 3.26. The van der Waals surface area contributed by atoms with Crippen LogP contribution in [0.2, 0.25) is 0 Å². The van der Waals surface area contributed by atoms with Crippen LogP contribution in [0.5, 0.6) is 0 Å². The minimum absolute atomic E-state index is 0.0614. The topological polar surface area (TPSA) is 83.5 Å². The van der Waals surface area contributed by atoms with E-state index in [0.717, 1.165) is 32.1 Å². The highest BCUT2D eigenvalue weighted by atomic mass is 16.4. The average molecular weight is 345 g/mol. The van der Waals surface area contributed by atoms with Crippen LogP contribution in [0.4, 0.5) is 0 Å². The maximum atomic E-state index is 10.6. The molecule has 0 aromatic carbocycles. The third-order valence-corrected chi connectivity index (χ3v) is 5.48. The number of aliphatic hydroxyl groups is 1. The van der Waals surface area contributed by atoms with Crippen molar-refractivity contribution >= 4 is 5.97 Å². The van der Waals surface area contributed by atoms with Crippen molar-refractivity contribution in [3.63, 3.8) is 0 Å². The first-order chi connectivity index (χ1) is 12.0. The summed E-state index contributed by atoms with van der Waals surface area (Å²) in [4.78, 5) is 10.6. The molecule has 0 radical (unpaired) electrons. The Morgan fingerprint density at radius 3 is 2.96 bits per heavy atom. The Morgan fingerprint density at radius 1 is 1.44 bits per heavy atom. The van der Waals surface area contributed by atoms with Crippen molar-refractivity contribution in [2.75, 3.05) is 0 Å². The predicted molar refractivity (Wildman–Crippen MR) is 99.7 cm³/mol. The molecule has 25 heavy (non-hydrogen) atoms. The molecule has 4 heteroatoms. The molecule has 2 aliphatic rings. The fourth-order valence-electron chi connectivity index (χ4n) is 4.23. The minimum atomic E-state index is -0.724. The Morgan fingerprint density at radius 2 is 2.24 bits per heavy atom. The molecule has 0 spiro atoms. The first kappa shape index (κ1) is 19.8. The summed E-state index contributed by atoms with van der Waals surface area (Å²) in [6.07, 6.45) is 12.5. The molecular weight excluding hydrogens is 314 g/mol. The van der Waals surface area contributed by atoms with Crippen LogP contribution in [-0.2, 0) is 4.79 Å². The van der Waals surface area contributed by atoms with E-state index >= 15 is 0 Å². The number of unbranched alkanes of at least 4 members (excludes halogenated alkanes) is 1. The summed E-state index contributed by atoms with van der Waals surface area (Å²) >= 11 is 0. The number of aliphatic carboxylic acids is 1. The van der Waals surface area contributed by atoms with E-state index in [1.165, 1.54) is 5.57 Å². The van der Waals surface area contributed by atoms with Crippen molar-refractivity contribution in [2.45, 2.75) is 70.4 Å². The number of carboxylic acids is 1. The number of nitrogens with two attached hydrogens (primary N) is 1. The molecule has 0 saturated heterocycles. The highest BCUT2D eigenvalue weighted by Gasteiger charge is 2.44. The van der Waals surface area contributed by atoms with Crippen LogP contribution in [0.1, 0.15) is 58.3 Å². The third-order valence-electron chi connectivity index (χ3n) is 5.48. The number of rotatable bonds is 8. The number of fused-ring (bicyclic) bond motifs is 1. The van der Waals surface area contributed by atoms with Gasteiger partial charge in [-0.25, -0.2) is 0 Å². The molecule has 2 unspecified atom stereocenters. The Labute approximate surface area is 151 Å². The zero-order chi connectivity index (χ0) is 18.2. The van der Waals surface area contributed by atoms with Crippen LogP contribution in [0.3, 0.4) is 0 Å². The smallest absolute Gasteiger partial charge is 0.303 e. The van der Waals surface area contributed by atoms with Gasteiger partial charge in [0, 0.05) is 24.8 Å². The minimum Gasteiger partial charge on any atom is -0.481 e. The van der Waals surface area contributed by atoms with Gasteiger partial charge in [-0.1, -0.05) is 23.8 Å². The van der Waals surface area contributed by atoms with Gasteiger partial charge in [-0.2, -0.15) is 0 Å². The molecule has 0 bridgehead atoms. The van der Waals surface area contributed by atoms with Gasteiger partial charge < -0.3 is 15.9 Å². The number of aliphatic hydroxyl groups excluding tert-OH is 1. The van der Waals surface area contributed by atoms with Gasteiger partial charge in [0.25, 0.3) is 0 Å². The largest absolute Gasteiger partial charge is 0.481 e. The van der Waals surface area contributed by atoms with Crippen molar-refractivity contribution in [3.05, 3.63) is 23.8 Å². The molecule has 0 amide bonds. The van der Waals surface area contributed by atoms with Gasteiger partial charge >= 0.3 is 5.97 Å². The number of hydrogen-bond acceptors (Lipinski definition) is 3. The molecular formula is C21H31NO3. The lowest BCUT2D eigenvalue weighted by Gasteiger charge is -2.17. The molecule has 2 fully saturated rings. The van der Waals surface area contributed by atoms with Gasteiger partial charge in [0.2, 0.25) is 0 Å². The zero-order valence-corrected chi connectivity index (χ0v) is 15.2. The molecule has 0 aromatic heterocycles. The fraction of sp³-hybridized carbons (Fsp3) is 0.667. The Balaban J connectivity index is 1.83. The maximum absolute atomic E-state index is 10.6. The van der Waals surface area contributed by atoms with Crippen LogP contribution in [0.25, 0.3) is 0 Å². The molecule has 2 rings (SSSR count). The van der Waals surface area contributed by atoms with Gasteiger partial charge in [0.1, 0.15) is 0 Å². The lowest BCUT2D eigenvalue weighted by Crippen LogP contribution is -2.19. The second kappa shape index (κ2) is 9.79. The molecule has 0 aromatic rings. The summed E-state index contributed by atoms with van der Waals surface area (Å²) in [5.74, 6) is 6.45. The standard InChI is InChI=1S/C21H31NO3/c1-2-3-8-17(22)9-6-10-18-19-13-15(7-4-5-11-21(24)25)12-16(19)14-20(18)23/h6-7,10,16-20,23H,4-5,8-9,11-14,22H2,1H3,(H,24,25)/b10-6+,15-7+/t16-,17?,18?,19-,20+/m0/s1.